The molecule has 2 fully saturated rings. The summed E-state index contributed by atoms with van der Waals surface area (Å²) in [6, 6.07) is 0. The highest BCUT2D eigenvalue weighted by molar-refractivity contribution is 5.79. The standard InChI is InChI=1S/C10H17NO4/c12-10(8-5-13-7-14-6-8)11-4-9-2-1-3-15-9/h8-9H,1-7H2,(H,11,12). The predicted octanol–water partition coefficient (Wildman–Crippen LogP) is -0.0979. The van der Waals surface area contributed by atoms with Gasteiger partial charge in [-0.15, -0.1) is 0 Å². The molecule has 15 heavy (non-hydrogen) atoms. The average Bonchev–Trinajstić information content (AvgIpc) is 2.80. The average molecular weight is 215 g/mol. The van der Waals surface area contributed by atoms with Gasteiger partial charge >= 0.3 is 0 Å². The molecule has 0 bridgehead atoms. The van der Waals surface area contributed by atoms with Gasteiger partial charge in [0, 0.05) is 13.2 Å². The lowest BCUT2D eigenvalue weighted by Gasteiger charge is -2.22. The molecule has 2 heterocycles. The number of hydrogen-bond donors (Lipinski definition) is 1. The summed E-state index contributed by atoms with van der Waals surface area (Å²) in [5.41, 5.74) is 0. The maximum Gasteiger partial charge on any atom is 0.227 e. The van der Waals surface area contributed by atoms with Crippen LogP contribution in [0.15, 0.2) is 0 Å². The van der Waals surface area contributed by atoms with Crippen LogP contribution in [0.3, 0.4) is 0 Å². The Balaban J connectivity index is 1.66. The van der Waals surface area contributed by atoms with Gasteiger partial charge in [0.1, 0.15) is 6.79 Å². The lowest BCUT2D eigenvalue weighted by atomic mass is 10.1. The number of rotatable bonds is 3. The molecule has 2 aliphatic rings. The SMILES string of the molecule is O=C(NCC1CCCO1)C1COCOC1. The molecule has 0 aliphatic carbocycles. The number of ether oxygens (including phenoxy) is 3. The van der Waals surface area contributed by atoms with Gasteiger partial charge in [0.05, 0.1) is 25.2 Å². The zero-order valence-electron chi connectivity index (χ0n) is 8.74. The summed E-state index contributed by atoms with van der Waals surface area (Å²) in [5.74, 6) is -0.162. The Morgan fingerprint density at radius 3 is 2.80 bits per heavy atom. The van der Waals surface area contributed by atoms with Crippen molar-refractivity contribution in [2.24, 2.45) is 5.92 Å². The fraction of sp³-hybridized carbons (Fsp3) is 0.900. The summed E-state index contributed by atoms with van der Waals surface area (Å²) >= 11 is 0. The molecule has 2 aliphatic heterocycles. The minimum atomic E-state index is -0.167. The summed E-state index contributed by atoms with van der Waals surface area (Å²) in [4.78, 5) is 11.6. The van der Waals surface area contributed by atoms with Crippen molar-refractivity contribution < 1.29 is 19.0 Å². The van der Waals surface area contributed by atoms with Gasteiger partial charge in [-0.25, -0.2) is 0 Å². The summed E-state index contributed by atoms with van der Waals surface area (Å²) in [6.45, 7) is 2.63. The molecule has 1 unspecified atom stereocenters. The highest BCUT2D eigenvalue weighted by Crippen LogP contribution is 2.11. The molecule has 0 radical (unpaired) electrons. The lowest BCUT2D eigenvalue weighted by Crippen LogP contribution is -2.41. The Hall–Kier alpha value is -0.650. The van der Waals surface area contributed by atoms with E-state index < -0.39 is 0 Å². The van der Waals surface area contributed by atoms with E-state index in [9.17, 15) is 4.79 Å². The van der Waals surface area contributed by atoms with E-state index >= 15 is 0 Å². The first-order valence-corrected chi connectivity index (χ1v) is 5.41. The normalized spacial score (nSPS) is 27.9. The van der Waals surface area contributed by atoms with Gasteiger partial charge in [0.2, 0.25) is 5.91 Å². The van der Waals surface area contributed by atoms with Gasteiger partial charge in [0.25, 0.3) is 0 Å². The molecule has 0 aromatic heterocycles. The largest absolute Gasteiger partial charge is 0.376 e. The third-order valence-electron chi connectivity index (χ3n) is 2.70. The van der Waals surface area contributed by atoms with Gasteiger partial charge in [-0.05, 0) is 12.8 Å². The molecule has 86 valence electrons. The van der Waals surface area contributed by atoms with Crippen LogP contribution in [0.1, 0.15) is 12.8 Å². The van der Waals surface area contributed by atoms with Crippen LogP contribution in [0.25, 0.3) is 0 Å². The van der Waals surface area contributed by atoms with E-state index in [2.05, 4.69) is 5.32 Å². The molecular weight excluding hydrogens is 198 g/mol. The van der Waals surface area contributed by atoms with Crippen molar-refractivity contribution in [2.45, 2.75) is 18.9 Å². The smallest absolute Gasteiger partial charge is 0.227 e. The number of hydrogen-bond acceptors (Lipinski definition) is 4. The topological polar surface area (TPSA) is 56.8 Å². The van der Waals surface area contributed by atoms with Crippen LogP contribution in [0.5, 0.6) is 0 Å². The zero-order chi connectivity index (χ0) is 10.5. The number of carbonyl (C=O) groups is 1. The first-order valence-electron chi connectivity index (χ1n) is 5.41. The summed E-state index contributed by atoms with van der Waals surface area (Å²) in [6.07, 6.45) is 2.33. The van der Waals surface area contributed by atoms with Crippen LogP contribution >= 0.6 is 0 Å². The van der Waals surface area contributed by atoms with Gasteiger partial charge in [-0.1, -0.05) is 0 Å². The first kappa shape index (κ1) is 10.9. The highest BCUT2D eigenvalue weighted by Gasteiger charge is 2.23. The van der Waals surface area contributed by atoms with Crippen LogP contribution in [0.4, 0.5) is 0 Å². The Kier molecular flexibility index (Phi) is 3.94. The van der Waals surface area contributed by atoms with Crippen LogP contribution in [0.2, 0.25) is 0 Å². The van der Waals surface area contributed by atoms with Crippen LogP contribution in [-0.4, -0.2) is 45.2 Å². The Morgan fingerprint density at radius 1 is 1.33 bits per heavy atom. The van der Waals surface area contributed by atoms with E-state index in [4.69, 9.17) is 14.2 Å². The summed E-state index contributed by atoms with van der Waals surface area (Å²) in [5, 5.41) is 2.87. The molecular formula is C10H17NO4. The molecule has 0 aromatic carbocycles. The number of carbonyl (C=O) groups excluding carboxylic acids is 1. The lowest BCUT2D eigenvalue weighted by molar-refractivity contribution is -0.152. The van der Waals surface area contributed by atoms with Crippen LogP contribution in [0, 0.1) is 5.92 Å². The fourth-order valence-electron chi connectivity index (χ4n) is 1.80. The van der Waals surface area contributed by atoms with E-state index in [0.29, 0.717) is 26.6 Å². The maximum atomic E-state index is 11.6. The maximum absolute atomic E-state index is 11.6. The van der Waals surface area contributed by atoms with E-state index in [-0.39, 0.29) is 17.9 Å². The minimum absolute atomic E-state index is 0.00481. The first-order chi connectivity index (χ1) is 7.36. The molecule has 5 heteroatoms. The van der Waals surface area contributed by atoms with Gasteiger partial charge in [-0.2, -0.15) is 0 Å². The second-order valence-corrected chi connectivity index (χ2v) is 3.94. The molecule has 1 amide bonds. The van der Waals surface area contributed by atoms with Crippen molar-refractivity contribution in [1.29, 1.82) is 0 Å². The number of nitrogens with one attached hydrogen (secondary N) is 1. The molecule has 0 saturated carbocycles. The fourth-order valence-corrected chi connectivity index (χ4v) is 1.80. The van der Waals surface area contributed by atoms with Gasteiger partial charge in [0.15, 0.2) is 0 Å². The number of amides is 1. The van der Waals surface area contributed by atoms with E-state index in [1.54, 1.807) is 0 Å². The molecule has 0 spiro atoms. The van der Waals surface area contributed by atoms with E-state index in [0.717, 1.165) is 19.4 Å². The van der Waals surface area contributed by atoms with E-state index in [1.807, 2.05) is 0 Å². The third kappa shape index (κ3) is 3.15. The Morgan fingerprint density at radius 2 is 2.13 bits per heavy atom. The second kappa shape index (κ2) is 5.44. The van der Waals surface area contributed by atoms with E-state index in [1.165, 1.54) is 0 Å². The second-order valence-electron chi connectivity index (χ2n) is 3.94. The third-order valence-corrected chi connectivity index (χ3v) is 2.70. The van der Waals surface area contributed by atoms with Crippen molar-refractivity contribution in [3.05, 3.63) is 0 Å². The van der Waals surface area contributed by atoms with Crippen molar-refractivity contribution in [3.63, 3.8) is 0 Å². The molecule has 1 N–H and O–H groups in total. The summed E-state index contributed by atoms with van der Waals surface area (Å²) in [7, 11) is 0. The molecule has 2 saturated heterocycles. The molecule has 2 rings (SSSR count). The highest BCUT2D eigenvalue weighted by atomic mass is 16.7. The Labute approximate surface area is 89.1 Å². The predicted molar refractivity (Wildman–Crippen MR) is 52.2 cm³/mol. The van der Waals surface area contributed by atoms with Crippen LogP contribution < -0.4 is 5.32 Å². The Bertz CT molecular complexity index is 209. The molecule has 1 atom stereocenters. The van der Waals surface area contributed by atoms with Crippen molar-refractivity contribution in [2.75, 3.05) is 33.2 Å². The van der Waals surface area contributed by atoms with Crippen molar-refractivity contribution in [3.8, 4) is 0 Å². The molecule has 5 nitrogen and oxygen atoms in total. The van der Waals surface area contributed by atoms with Gasteiger partial charge in [-0.3, -0.25) is 4.79 Å². The molecule has 0 aromatic rings. The van der Waals surface area contributed by atoms with Crippen molar-refractivity contribution in [1.82, 2.24) is 5.32 Å². The monoisotopic (exact) mass is 215 g/mol. The van der Waals surface area contributed by atoms with Crippen molar-refractivity contribution >= 4 is 5.91 Å². The minimum Gasteiger partial charge on any atom is -0.376 e. The van der Waals surface area contributed by atoms with Crippen LogP contribution in [-0.2, 0) is 19.0 Å². The van der Waals surface area contributed by atoms with Gasteiger partial charge < -0.3 is 19.5 Å². The quantitative estimate of drug-likeness (QED) is 0.714. The summed E-state index contributed by atoms with van der Waals surface area (Å²) < 4.78 is 15.5. The zero-order valence-corrected chi connectivity index (χ0v) is 8.74.